The second-order valence-corrected chi connectivity index (χ2v) is 14.2. The van der Waals surface area contributed by atoms with Crippen molar-refractivity contribution in [2.45, 2.75) is 105 Å². The van der Waals surface area contributed by atoms with E-state index in [1.165, 1.54) is 81.5 Å². The van der Waals surface area contributed by atoms with Crippen LogP contribution in [0.1, 0.15) is 104 Å². The Kier molecular flexibility index (Phi) is 5.74. The van der Waals surface area contributed by atoms with Gasteiger partial charge in [0.05, 0.1) is 0 Å². The van der Waals surface area contributed by atoms with E-state index < -0.39 is 0 Å². The molecule has 1 nitrogen and oxygen atoms in total. The summed E-state index contributed by atoms with van der Waals surface area (Å²) in [5, 5.41) is 1.51. The van der Waals surface area contributed by atoms with Gasteiger partial charge in [0, 0.05) is 16.6 Å². The van der Waals surface area contributed by atoms with Crippen LogP contribution in [0.5, 0.6) is 0 Å². The molecule has 0 unspecified atom stereocenters. The molecule has 0 bridgehead atoms. The van der Waals surface area contributed by atoms with Gasteiger partial charge >= 0.3 is 0 Å². The van der Waals surface area contributed by atoms with E-state index in [9.17, 15) is 0 Å². The first-order chi connectivity index (χ1) is 16.3. The molecule has 4 aliphatic rings. The number of H-pyrrole nitrogens is 1. The van der Waals surface area contributed by atoms with Gasteiger partial charge in [-0.2, -0.15) is 0 Å². The second-order valence-electron chi connectivity index (χ2n) is 14.2. The largest absolute Gasteiger partial charge is 0.358 e. The Labute approximate surface area is 208 Å². The van der Waals surface area contributed by atoms with Crippen LogP contribution >= 0.6 is 0 Å². The average molecular weight is 460 g/mol. The van der Waals surface area contributed by atoms with Gasteiger partial charge in [0.2, 0.25) is 0 Å². The molecule has 3 fully saturated rings. The minimum absolute atomic E-state index is 0.503. The minimum atomic E-state index is 0.503. The maximum Gasteiger partial charge on any atom is 0.0458 e. The summed E-state index contributed by atoms with van der Waals surface area (Å²) < 4.78 is 0. The molecule has 1 aromatic carbocycles. The smallest absolute Gasteiger partial charge is 0.0458 e. The van der Waals surface area contributed by atoms with E-state index in [2.05, 4.69) is 63.9 Å². The number of aromatic nitrogens is 1. The van der Waals surface area contributed by atoms with Crippen LogP contribution in [-0.2, 0) is 12.8 Å². The molecule has 8 atom stereocenters. The van der Waals surface area contributed by atoms with E-state index in [0.717, 1.165) is 41.4 Å². The van der Waals surface area contributed by atoms with Gasteiger partial charge in [-0.3, -0.25) is 0 Å². The van der Waals surface area contributed by atoms with Crippen molar-refractivity contribution in [1.29, 1.82) is 0 Å². The van der Waals surface area contributed by atoms with Crippen molar-refractivity contribution < 1.29 is 0 Å². The van der Waals surface area contributed by atoms with Crippen LogP contribution in [0.2, 0.25) is 0 Å². The molecule has 1 heterocycles. The standard InChI is InChI=1S/C33H49N/c1-21(2)9-8-10-22(3)27-15-16-28-25-14-13-23-19-31-26(24-11-6-7-12-30(24)34-31)20-33(23,5)29(25)17-18-32(27,28)4/h6-7,11-12,21-23,25,27-29,34H,8-10,13-20H2,1-5H3/t22-,23-,25+,27+,28-,29+,32+,33-/m0/s1. The van der Waals surface area contributed by atoms with Gasteiger partial charge in [0.25, 0.3) is 0 Å². The molecule has 0 amide bonds. The maximum atomic E-state index is 3.82. The van der Waals surface area contributed by atoms with Gasteiger partial charge in [-0.05, 0) is 115 Å². The fourth-order valence-electron chi connectivity index (χ4n) is 10.4. The quantitative estimate of drug-likeness (QED) is 0.458. The summed E-state index contributed by atoms with van der Waals surface area (Å²) in [5.74, 6) is 6.56. The summed E-state index contributed by atoms with van der Waals surface area (Å²) in [7, 11) is 0. The van der Waals surface area contributed by atoms with E-state index >= 15 is 0 Å². The van der Waals surface area contributed by atoms with Crippen LogP contribution in [0, 0.1) is 52.3 Å². The Morgan fingerprint density at radius 3 is 2.53 bits per heavy atom. The number of fused-ring (bicyclic) bond motifs is 8. The fraction of sp³-hybridized carbons (Fsp3) is 0.758. The molecule has 0 radical (unpaired) electrons. The third-order valence-electron chi connectivity index (χ3n) is 12.2. The number of hydrogen-bond donors (Lipinski definition) is 1. The zero-order valence-electron chi connectivity index (χ0n) is 22.6. The Bertz CT molecular complexity index is 1030. The molecule has 0 aliphatic heterocycles. The van der Waals surface area contributed by atoms with Crippen molar-refractivity contribution in [3.05, 3.63) is 35.5 Å². The summed E-state index contributed by atoms with van der Waals surface area (Å²) in [5.41, 5.74) is 5.73. The molecule has 0 spiro atoms. The molecular formula is C33H49N. The molecule has 2 aromatic rings. The molecule has 186 valence electrons. The average Bonchev–Trinajstić information content (AvgIpc) is 3.34. The van der Waals surface area contributed by atoms with Gasteiger partial charge in [-0.25, -0.2) is 0 Å². The van der Waals surface area contributed by atoms with Crippen molar-refractivity contribution in [2.24, 2.45) is 52.3 Å². The lowest BCUT2D eigenvalue weighted by Crippen LogP contribution is -2.54. The molecule has 1 aromatic heterocycles. The third kappa shape index (κ3) is 3.46. The zero-order chi connectivity index (χ0) is 23.7. The molecule has 3 saturated carbocycles. The Morgan fingerprint density at radius 2 is 1.71 bits per heavy atom. The van der Waals surface area contributed by atoms with E-state index in [4.69, 9.17) is 0 Å². The number of nitrogens with one attached hydrogen (secondary N) is 1. The monoisotopic (exact) mass is 459 g/mol. The molecule has 34 heavy (non-hydrogen) atoms. The first-order valence-corrected chi connectivity index (χ1v) is 14.9. The SMILES string of the molecule is CC(C)CCC[C@H](C)[C@H]1CC[C@H]2[C@H]3CC[C@H]4Cc5[nH]c6ccccc6c5C[C@]4(C)[C@@H]3CC[C@]12C. The van der Waals surface area contributed by atoms with Gasteiger partial charge in [-0.15, -0.1) is 0 Å². The molecule has 4 aliphatic carbocycles. The highest BCUT2D eigenvalue weighted by Gasteiger charge is 2.60. The number of hydrogen-bond acceptors (Lipinski definition) is 0. The van der Waals surface area contributed by atoms with Gasteiger partial charge < -0.3 is 4.98 Å². The van der Waals surface area contributed by atoms with Crippen molar-refractivity contribution in [3.63, 3.8) is 0 Å². The summed E-state index contributed by atoms with van der Waals surface area (Å²) in [6, 6.07) is 9.09. The van der Waals surface area contributed by atoms with Crippen LogP contribution in [-0.4, -0.2) is 4.98 Å². The van der Waals surface area contributed by atoms with Crippen molar-refractivity contribution in [3.8, 4) is 0 Å². The third-order valence-corrected chi connectivity index (χ3v) is 12.2. The van der Waals surface area contributed by atoms with Crippen LogP contribution in [0.15, 0.2) is 24.3 Å². The fourth-order valence-corrected chi connectivity index (χ4v) is 10.4. The highest BCUT2D eigenvalue weighted by atomic mass is 14.8. The van der Waals surface area contributed by atoms with Crippen LogP contribution < -0.4 is 0 Å². The highest BCUT2D eigenvalue weighted by Crippen LogP contribution is 2.68. The summed E-state index contributed by atoms with van der Waals surface area (Å²) in [6.45, 7) is 12.9. The summed E-state index contributed by atoms with van der Waals surface area (Å²) in [6.07, 6.45) is 15.9. The van der Waals surface area contributed by atoms with E-state index in [1.807, 2.05) is 0 Å². The van der Waals surface area contributed by atoms with Gasteiger partial charge in [0.1, 0.15) is 0 Å². The van der Waals surface area contributed by atoms with Crippen LogP contribution in [0.3, 0.4) is 0 Å². The molecule has 6 rings (SSSR count). The topological polar surface area (TPSA) is 15.8 Å². The van der Waals surface area contributed by atoms with Crippen molar-refractivity contribution in [2.75, 3.05) is 0 Å². The predicted molar refractivity (Wildman–Crippen MR) is 145 cm³/mol. The molecule has 1 N–H and O–H groups in total. The number of aromatic amines is 1. The zero-order valence-corrected chi connectivity index (χ0v) is 22.6. The molecule has 0 saturated heterocycles. The van der Waals surface area contributed by atoms with E-state index in [-0.39, 0.29) is 0 Å². The summed E-state index contributed by atoms with van der Waals surface area (Å²) in [4.78, 5) is 3.82. The van der Waals surface area contributed by atoms with Gasteiger partial charge in [0.15, 0.2) is 0 Å². The van der Waals surface area contributed by atoms with Crippen molar-refractivity contribution in [1.82, 2.24) is 4.98 Å². The Morgan fingerprint density at radius 1 is 0.912 bits per heavy atom. The first kappa shape index (κ1) is 23.2. The van der Waals surface area contributed by atoms with Crippen LogP contribution in [0.25, 0.3) is 10.9 Å². The Hall–Kier alpha value is -1.24. The number of rotatable bonds is 5. The lowest BCUT2D eigenvalue weighted by Gasteiger charge is -2.60. The first-order valence-electron chi connectivity index (χ1n) is 14.9. The highest BCUT2D eigenvalue weighted by molar-refractivity contribution is 5.85. The van der Waals surface area contributed by atoms with Crippen LogP contribution in [0.4, 0.5) is 0 Å². The van der Waals surface area contributed by atoms with E-state index in [1.54, 1.807) is 11.3 Å². The van der Waals surface area contributed by atoms with Gasteiger partial charge in [-0.1, -0.05) is 72.1 Å². The summed E-state index contributed by atoms with van der Waals surface area (Å²) >= 11 is 0. The predicted octanol–water partition coefficient (Wildman–Crippen LogP) is 9.20. The molecule has 1 heteroatoms. The lowest BCUT2D eigenvalue weighted by molar-refractivity contribution is -0.103. The van der Waals surface area contributed by atoms with E-state index in [0.29, 0.717) is 10.8 Å². The normalized spacial score (nSPS) is 40.0. The van der Waals surface area contributed by atoms with Crippen molar-refractivity contribution >= 4 is 10.9 Å². The Balaban J connectivity index is 1.24. The lowest BCUT2D eigenvalue weighted by atomic mass is 9.44. The maximum absolute atomic E-state index is 3.82. The number of benzene rings is 1. The molecular weight excluding hydrogens is 410 g/mol. The second kappa shape index (κ2) is 8.41. The number of para-hydroxylation sites is 1. The minimum Gasteiger partial charge on any atom is -0.358 e.